The lowest BCUT2D eigenvalue weighted by Gasteiger charge is -2.09. The molecule has 0 fully saturated rings. The van der Waals surface area contributed by atoms with E-state index in [1.807, 2.05) is 35.7 Å². The number of hydrogen-bond acceptors (Lipinski definition) is 5. The van der Waals surface area contributed by atoms with Crippen LogP contribution in [0.25, 0.3) is 21.3 Å². The normalized spacial score (nSPS) is 10.9. The quantitative estimate of drug-likeness (QED) is 0.560. The van der Waals surface area contributed by atoms with Crippen LogP contribution < -0.4 is 10.7 Å². The fourth-order valence-corrected chi connectivity index (χ4v) is 3.81. The van der Waals surface area contributed by atoms with E-state index in [1.165, 1.54) is 34.4 Å². The summed E-state index contributed by atoms with van der Waals surface area (Å²) in [4.78, 5) is 29.1. The van der Waals surface area contributed by atoms with E-state index in [1.54, 1.807) is 12.1 Å². The molecule has 6 heteroatoms. The van der Waals surface area contributed by atoms with Gasteiger partial charge in [0.05, 0.1) is 24.2 Å². The molecule has 0 bridgehead atoms. The van der Waals surface area contributed by atoms with Crippen molar-refractivity contribution in [2.24, 2.45) is 0 Å². The van der Waals surface area contributed by atoms with Crippen molar-refractivity contribution in [2.75, 3.05) is 0 Å². The summed E-state index contributed by atoms with van der Waals surface area (Å²) >= 11 is 1.43. The molecule has 0 amide bonds. The lowest BCUT2D eigenvalue weighted by Crippen LogP contribution is -2.23. The van der Waals surface area contributed by atoms with E-state index in [4.69, 9.17) is 0 Å². The number of thiophene rings is 1. The van der Waals surface area contributed by atoms with E-state index in [0.717, 1.165) is 11.1 Å². The minimum absolute atomic E-state index is 0.0881. The van der Waals surface area contributed by atoms with Crippen LogP contribution >= 0.6 is 11.3 Å². The van der Waals surface area contributed by atoms with E-state index in [9.17, 15) is 14.7 Å². The molecule has 4 aromatic rings. The highest BCUT2D eigenvalue weighted by molar-refractivity contribution is 7.17. The Morgan fingerprint density at radius 1 is 1.12 bits per heavy atom. The number of carboxylic acids is 1. The Kier molecular flexibility index (Phi) is 4.10. The van der Waals surface area contributed by atoms with Gasteiger partial charge in [-0.05, 0) is 22.8 Å². The average molecular weight is 361 g/mol. The monoisotopic (exact) mass is 361 g/mol. The van der Waals surface area contributed by atoms with E-state index in [-0.39, 0.29) is 17.7 Å². The zero-order chi connectivity index (χ0) is 18.1. The molecule has 5 nitrogen and oxygen atoms in total. The van der Waals surface area contributed by atoms with Gasteiger partial charge in [-0.25, -0.2) is 4.98 Å². The number of rotatable bonds is 4. The van der Waals surface area contributed by atoms with Gasteiger partial charge in [0.25, 0.3) is 5.56 Å². The fourth-order valence-electron chi connectivity index (χ4n) is 2.90. The first kappa shape index (κ1) is 16.2. The maximum Gasteiger partial charge on any atom is 0.263 e. The summed E-state index contributed by atoms with van der Waals surface area (Å²) in [7, 11) is 0. The number of aromatic carboxylic acids is 1. The summed E-state index contributed by atoms with van der Waals surface area (Å²) in [6.45, 7) is 0.243. The largest absolute Gasteiger partial charge is 0.545 e. The summed E-state index contributed by atoms with van der Waals surface area (Å²) in [5.41, 5.74) is 2.47. The van der Waals surface area contributed by atoms with Crippen molar-refractivity contribution in [1.29, 1.82) is 0 Å². The molecule has 0 N–H and O–H groups in total. The van der Waals surface area contributed by atoms with Gasteiger partial charge in [-0.3, -0.25) is 9.36 Å². The standard InChI is InChI=1S/C20H14N2O3S/c23-19-17-16(14-6-2-1-3-7-14)11-26-18(17)21-12-22(19)10-13-5-4-8-15(9-13)20(24)25/h1-9,11-12H,10H2,(H,24,25)/p-1. The maximum absolute atomic E-state index is 13.0. The topological polar surface area (TPSA) is 75.0 Å². The average Bonchev–Trinajstić information content (AvgIpc) is 3.10. The SMILES string of the molecule is O=C([O-])c1cccc(Cn2cnc3scc(-c4ccccc4)c3c2=O)c1. The van der Waals surface area contributed by atoms with Gasteiger partial charge in [0, 0.05) is 10.9 Å². The first-order valence-corrected chi connectivity index (χ1v) is 8.84. The maximum atomic E-state index is 13.0. The molecule has 0 radical (unpaired) electrons. The number of nitrogens with zero attached hydrogens (tertiary/aromatic N) is 2. The number of hydrogen-bond donors (Lipinski definition) is 0. The van der Waals surface area contributed by atoms with Crippen LogP contribution in [0.2, 0.25) is 0 Å². The van der Waals surface area contributed by atoms with Crippen LogP contribution in [-0.2, 0) is 6.54 Å². The molecule has 0 spiro atoms. The van der Waals surface area contributed by atoms with Crippen LogP contribution in [0.1, 0.15) is 15.9 Å². The molecule has 0 aliphatic rings. The molecule has 2 aromatic heterocycles. The van der Waals surface area contributed by atoms with Crippen molar-refractivity contribution in [3.63, 3.8) is 0 Å². The van der Waals surface area contributed by atoms with E-state index in [2.05, 4.69) is 4.98 Å². The predicted molar refractivity (Wildman–Crippen MR) is 99.2 cm³/mol. The van der Waals surface area contributed by atoms with Gasteiger partial charge in [0.15, 0.2) is 0 Å². The third-order valence-corrected chi connectivity index (χ3v) is 5.05. The number of fused-ring (bicyclic) bond motifs is 1. The molecule has 0 unspecified atom stereocenters. The van der Waals surface area contributed by atoms with Gasteiger partial charge in [-0.15, -0.1) is 11.3 Å². The van der Waals surface area contributed by atoms with Gasteiger partial charge < -0.3 is 9.90 Å². The summed E-state index contributed by atoms with van der Waals surface area (Å²) in [6.07, 6.45) is 1.50. The highest BCUT2D eigenvalue weighted by Gasteiger charge is 2.13. The van der Waals surface area contributed by atoms with Gasteiger partial charge >= 0.3 is 0 Å². The van der Waals surface area contributed by atoms with Crippen molar-refractivity contribution in [3.8, 4) is 11.1 Å². The van der Waals surface area contributed by atoms with Crippen LogP contribution in [-0.4, -0.2) is 15.5 Å². The van der Waals surface area contributed by atoms with Gasteiger partial charge in [0.2, 0.25) is 0 Å². The molecule has 0 saturated heterocycles. The molecule has 0 saturated carbocycles. The Balaban J connectivity index is 1.80. The fraction of sp³-hybridized carbons (Fsp3) is 0.0500. The number of aromatic nitrogens is 2. The van der Waals surface area contributed by atoms with Crippen LogP contribution in [0.15, 0.2) is 71.1 Å². The highest BCUT2D eigenvalue weighted by Crippen LogP contribution is 2.30. The Morgan fingerprint density at radius 2 is 1.92 bits per heavy atom. The Bertz CT molecular complexity index is 1160. The molecule has 26 heavy (non-hydrogen) atoms. The van der Waals surface area contributed by atoms with Crippen molar-refractivity contribution >= 4 is 27.5 Å². The van der Waals surface area contributed by atoms with Crippen molar-refractivity contribution in [1.82, 2.24) is 9.55 Å². The second-order valence-corrected chi connectivity index (χ2v) is 6.72. The Labute approximate surface area is 152 Å². The zero-order valence-electron chi connectivity index (χ0n) is 13.6. The van der Waals surface area contributed by atoms with Gasteiger partial charge in [-0.2, -0.15) is 0 Å². The Morgan fingerprint density at radius 3 is 2.69 bits per heavy atom. The minimum atomic E-state index is -1.24. The van der Waals surface area contributed by atoms with Gasteiger partial charge in [-0.1, -0.05) is 48.5 Å². The van der Waals surface area contributed by atoms with E-state index in [0.29, 0.717) is 15.8 Å². The summed E-state index contributed by atoms with van der Waals surface area (Å²) < 4.78 is 1.50. The zero-order valence-corrected chi connectivity index (χ0v) is 14.4. The minimum Gasteiger partial charge on any atom is -0.545 e. The lowest BCUT2D eigenvalue weighted by molar-refractivity contribution is -0.255. The first-order chi connectivity index (χ1) is 12.6. The number of carbonyl (C=O) groups is 1. The van der Waals surface area contributed by atoms with E-state index >= 15 is 0 Å². The summed E-state index contributed by atoms with van der Waals surface area (Å²) in [5.74, 6) is -1.24. The number of carbonyl (C=O) groups excluding carboxylic acids is 1. The number of carboxylic acid groups (broad SMARTS) is 1. The molecule has 0 aliphatic carbocycles. The summed E-state index contributed by atoms with van der Waals surface area (Å²) in [5, 5.41) is 13.5. The predicted octanol–water partition coefficient (Wildman–Crippen LogP) is 2.54. The highest BCUT2D eigenvalue weighted by atomic mass is 32.1. The molecule has 2 aromatic carbocycles. The van der Waals surface area contributed by atoms with Crippen LogP contribution in [0.3, 0.4) is 0 Å². The van der Waals surface area contributed by atoms with Crippen molar-refractivity contribution in [2.45, 2.75) is 6.54 Å². The molecule has 0 aliphatic heterocycles. The van der Waals surface area contributed by atoms with Crippen molar-refractivity contribution in [3.05, 3.63) is 87.8 Å². The number of benzene rings is 2. The van der Waals surface area contributed by atoms with Crippen LogP contribution in [0.4, 0.5) is 0 Å². The molecule has 2 heterocycles. The van der Waals surface area contributed by atoms with Crippen molar-refractivity contribution < 1.29 is 9.90 Å². The van der Waals surface area contributed by atoms with E-state index < -0.39 is 5.97 Å². The third kappa shape index (κ3) is 2.91. The Hall–Kier alpha value is -3.25. The first-order valence-electron chi connectivity index (χ1n) is 7.96. The third-order valence-electron chi connectivity index (χ3n) is 4.16. The molecular weight excluding hydrogens is 348 g/mol. The molecule has 4 rings (SSSR count). The smallest absolute Gasteiger partial charge is 0.263 e. The van der Waals surface area contributed by atoms with Crippen LogP contribution in [0.5, 0.6) is 0 Å². The second kappa shape index (κ2) is 6.57. The van der Waals surface area contributed by atoms with Crippen LogP contribution in [0, 0.1) is 0 Å². The lowest BCUT2D eigenvalue weighted by atomic mass is 10.1. The van der Waals surface area contributed by atoms with Gasteiger partial charge in [0.1, 0.15) is 4.83 Å². The summed E-state index contributed by atoms with van der Waals surface area (Å²) in [6, 6.07) is 16.1. The second-order valence-electron chi connectivity index (χ2n) is 5.86. The molecule has 0 atom stereocenters. The molecular formula is C20H13N2O3S-. The molecule has 128 valence electrons.